The second kappa shape index (κ2) is 7.78. The number of halogens is 2. The standard InChI is InChI=1S/C15H21Br2NO2/c1-3-19-15-13(16)7-11(8-14(15)17)9-18-12-4-5-20-10(2)6-12/h7-8,10,12,18H,3-6,9H2,1-2H3. The summed E-state index contributed by atoms with van der Waals surface area (Å²) in [4.78, 5) is 0. The third-order valence-electron chi connectivity index (χ3n) is 3.43. The van der Waals surface area contributed by atoms with Gasteiger partial charge < -0.3 is 14.8 Å². The van der Waals surface area contributed by atoms with Gasteiger partial charge in [-0.2, -0.15) is 0 Å². The summed E-state index contributed by atoms with van der Waals surface area (Å²) in [6.45, 7) is 6.50. The number of benzene rings is 1. The molecule has 0 amide bonds. The normalized spacial score (nSPS) is 22.8. The van der Waals surface area contributed by atoms with Crippen molar-refractivity contribution in [3.8, 4) is 5.75 Å². The summed E-state index contributed by atoms with van der Waals surface area (Å²) in [6, 6.07) is 4.78. The zero-order valence-corrected chi connectivity index (χ0v) is 15.1. The van der Waals surface area contributed by atoms with E-state index in [2.05, 4.69) is 56.2 Å². The molecule has 0 aromatic heterocycles. The Morgan fingerprint density at radius 1 is 1.35 bits per heavy atom. The van der Waals surface area contributed by atoms with Crippen LogP contribution in [0.15, 0.2) is 21.1 Å². The van der Waals surface area contributed by atoms with Crippen molar-refractivity contribution in [1.29, 1.82) is 0 Å². The first-order valence-corrected chi connectivity index (χ1v) is 8.64. The van der Waals surface area contributed by atoms with Gasteiger partial charge in [-0.25, -0.2) is 0 Å². The van der Waals surface area contributed by atoms with E-state index in [1.54, 1.807) is 0 Å². The first-order chi connectivity index (χ1) is 9.60. The SMILES string of the molecule is CCOc1c(Br)cc(CNC2CCOC(C)C2)cc1Br. The van der Waals surface area contributed by atoms with Gasteiger partial charge in [-0.05, 0) is 76.2 Å². The maximum absolute atomic E-state index is 5.60. The molecule has 112 valence electrons. The molecule has 1 heterocycles. The highest BCUT2D eigenvalue weighted by Gasteiger charge is 2.18. The zero-order chi connectivity index (χ0) is 14.5. The van der Waals surface area contributed by atoms with Crippen LogP contribution < -0.4 is 10.1 Å². The molecule has 1 aliphatic heterocycles. The minimum Gasteiger partial charge on any atom is -0.492 e. The number of ether oxygens (including phenoxy) is 2. The average molecular weight is 407 g/mol. The molecule has 1 fully saturated rings. The average Bonchev–Trinajstić information content (AvgIpc) is 2.41. The largest absolute Gasteiger partial charge is 0.492 e. The molecule has 2 atom stereocenters. The maximum Gasteiger partial charge on any atom is 0.147 e. The molecular formula is C15H21Br2NO2. The third kappa shape index (κ3) is 4.45. The van der Waals surface area contributed by atoms with Crippen molar-refractivity contribution in [3.63, 3.8) is 0 Å². The van der Waals surface area contributed by atoms with Gasteiger partial charge in [0.1, 0.15) is 5.75 Å². The molecule has 1 N–H and O–H groups in total. The number of nitrogens with one attached hydrogen (secondary N) is 1. The Balaban J connectivity index is 1.96. The predicted octanol–water partition coefficient (Wildman–Crippen LogP) is 4.27. The molecule has 1 aromatic rings. The lowest BCUT2D eigenvalue weighted by Crippen LogP contribution is -2.37. The number of hydrogen-bond donors (Lipinski definition) is 1. The van der Waals surface area contributed by atoms with Gasteiger partial charge >= 0.3 is 0 Å². The Labute approximate surface area is 137 Å². The molecular weight excluding hydrogens is 386 g/mol. The summed E-state index contributed by atoms with van der Waals surface area (Å²) in [5, 5.41) is 3.61. The molecule has 1 aromatic carbocycles. The number of rotatable bonds is 5. The smallest absolute Gasteiger partial charge is 0.147 e. The van der Waals surface area contributed by atoms with Crippen LogP contribution in [0.5, 0.6) is 5.75 Å². The molecule has 2 unspecified atom stereocenters. The molecule has 0 spiro atoms. The van der Waals surface area contributed by atoms with E-state index in [1.807, 2.05) is 6.92 Å². The van der Waals surface area contributed by atoms with E-state index in [0.29, 0.717) is 18.8 Å². The minimum atomic E-state index is 0.361. The Morgan fingerprint density at radius 3 is 2.65 bits per heavy atom. The van der Waals surface area contributed by atoms with Gasteiger partial charge in [0.25, 0.3) is 0 Å². The maximum atomic E-state index is 5.60. The highest BCUT2D eigenvalue weighted by atomic mass is 79.9. The van der Waals surface area contributed by atoms with Gasteiger partial charge in [-0.1, -0.05) is 0 Å². The van der Waals surface area contributed by atoms with Gasteiger partial charge in [-0.15, -0.1) is 0 Å². The van der Waals surface area contributed by atoms with Crippen LogP contribution in [0.3, 0.4) is 0 Å². The van der Waals surface area contributed by atoms with E-state index in [9.17, 15) is 0 Å². The van der Waals surface area contributed by atoms with Crippen LogP contribution in [0.1, 0.15) is 32.3 Å². The van der Waals surface area contributed by atoms with Gasteiger partial charge in [0, 0.05) is 19.2 Å². The molecule has 1 saturated heterocycles. The summed E-state index contributed by atoms with van der Waals surface area (Å²) >= 11 is 7.14. The molecule has 2 rings (SSSR count). The zero-order valence-electron chi connectivity index (χ0n) is 11.9. The summed E-state index contributed by atoms with van der Waals surface area (Å²) in [5.41, 5.74) is 1.24. The van der Waals surface area contributed by atoms with E-state index in [0.717, 1.165) is 40.7 Å². The van der Waals surface area contributed by atoms with Crippen molar-refractivity contribution in [1.82, 2.24) is 5.32 Å². The van der Waals surface area contributed by atoms with E-state index in [-0.39, 0.29) is 0 Å². The van der Waals surface area contributed by atoms with Gasteiger partial charge in [0.05, 0.1) is 21.7 Å². The predicted molar refractivity (Wildman–Crippen MR) is 88.3 cm³/mol. The molecule has 0 aliphatic carbocycles. The van der Waals surface area contributed by atoms with Crippen molar-refractivity contribution in [2.75, 3.05) is 13.2 Å². The van der Waals surface area contributed by atoms with Crippen LogP contribution in [-0.4, -0.2) is 25.4 Å². The first-order valence-electron chi connectivity index (χ1n) is 7.05. The van der Waals surface area contributed by atoms with Crippen LogP contribution in [0.25, 0.3) is 0 Å². The van der Waals surface area contributed by atoms with Gasteiger partial charge in [0.2, 0.25) is 0 Å². The van der Waals surface area contributed by atoms with Crippen LogP contribution in [0.2, 0.25) is 0 Å². The molecule has 5 heteroatoms. The van der Waals surface area contributed by atoms with Crippen molar-refractivity contribution in [3.05, 3.63) is 26.6 Å². The van der Waals surface area contributed by atoms with Crippen molar-refractivity contribution in [2.24, 2.45) is 0 Å². The molecule has 0 radical (unpaired) electrons. The van der Waals surface area contributed by atoms with Crippen molar-refractivity contribution in [2.45, 2.75) is 45.4 Å². The molecule has 3 nitrogen and oxygen atoms in total. The van der Waals surface area contributed by atoms with Gasteiger partial charge in [0.15, 0.2) is 0 Å². The lowest BCUT2D eigenvalue weighted by Gasteiger charge is -2.28. The van der Waals surface area contributed by atoms with Crippen molar-refractivity contribution >= 4 is 31.9 Å². The summed E-state index contributed by atoms with van der Waals surface area (Å²) in [5.74, 6) is 0.871. The Bertz CT molecular complexity index is 430. The van der Waals surface area contributed by atoms with Crippen LogP contribution in [0.4, 0.5) is 0 Å². The highest BCUT2D eigenvalue weighted by Crippen LogP contribution is 2.34. The molecule has 0 bridgehead atoms. The fourth-order valence-electron chi connectivity index (χ4n) is 2.44. The molecule has 0 saturated carbocycles. The lowest BCUT2D eigenvalue weighted by atomic mass is 10.0. The van der Waals surface area contributed by atoms with E-state index in [1.165, 1.54) is 5.56 Å². The Hall–Kier alpha value is -0.100. The van der Waals surface area contributed by atoms with Crippen LogP contribution in [-0.2, 0) is 11.3 Å². The van der Waals surface area contributed by atoms with E-state index >= 15 is 0 Å². The quantitative estimate of drug-likeness (QED) is 0.791. The fourth-order valence-corrected chi connectivity index (χ4v) is 3.95. The minimum absolute atomic E-state index is 0.361. The van der Waals surface area contributed by atoms with Crippen LogP contribution in [0, 0.1) is 0 Å². The van der Waals surface area contributed by atoms with Crippen LogP contribution >= 0.6 is 31.9 Å². The lowest BCUT2D eigenvalue weighted by molar-refractivity contribution is 0.0130. The summed E-state index contributed by atoms with van der Waals surface area (Å²) < 4.78 is 13.2. The van der Waals surface area contributed by atoms with Gasteiger partial charge in [-0.3, -0.25) is 0 Å². The Morgan fingerprint density at radius 2 is 2.05 bits per heavy atom. The van der Waals surface area contributed by atoms with Crippen molar-refractivity contribution < 1.29 is 9.47 Å². The molecule has 20 heavy (non-hydrogen) atoms. The topological polar surface area (TPSA) is 30.5 Å². The molecule has 1 aliphatic rings. The number of hydrogen-bond acceptors (Lipinski definition) is 3. The summed E-state index contributed by atoms with van der Waals surface area (Å²) in [6.07, 6.45) is 2.53. The second-order valence-electron chi connectivity index (χ2n) is 5.11. The van der Waals surface area contributed by atoms with E-state index in [4.69, 9.17) is 9.47 Å². The fraction of sp³-hybridized carbons (Fsp3) is 0.600. The second-order valence-corrected chi connectivity index (χ2v) is 6.81. The highest BCUT2D eigenvalue weighted by molar-refractivity contribution is 9.11. The Kier molecular flexibility index (Phi) is 6.33. The third-order valence-corrected chi connectivity index (χ3v) is 4.60. The first kappa shape index (κ1) is 16.3. The monoisotopic (exact) mass is 405 g/mol. The summed E-state index contributed by atoms with van der Waals surface area (Å²) in [7, 11) is 0. The van der Waals surface area contributed by atoms with E-state index < -0.39 is 0 Å².